The summed E-state index contributed by atoms with van der Waals surface area (Å²) >= 11 is 0. The molecule has 0 saturated carbocycles. The summed E-state index contributed by atoms with van der Waals surface area (Å²) in [6, 6.07) is 0. The average molecular weight is 338 g/mol. The number of aliphatic hydroxyl groups is 1. The van der Waals surface area contributed by atoms with Gasteiger partial charge >= 0.3 is 26.2 Å². The Morgan fingerprint density at radius 1 is 1.00 bits per heavy atom. The van der Waals surface area contributed by atoms with Crippen molar-refractivity contribution >= 4 is 0 Å². The summed E-state index contributed by atoms with van der Waals surface area (Å²) < 4.78 is 0. The van der Waals surface area contributed by atoms with E-state index in [1.165, 1.54) is 0 Å². The second-order valence-corrected chi connectivity index (χ2v) is 2.32. The van der Waals surface area contributed by atoms with E-state index in [0.29, 0.717) is 0 Å². The maximum Gasteiger partial charge on any atom is 4.00 e. The molecule has 0 aromatic rings. The molecule has 4 heteroatoms. The summed E-state index contributed by atoms with van der Waals surface area (Å²) in [4.78, 5) is 0. The zero-order valence-electron chi connectivity index (χ0n) is 9.29. The Morgan fingerprint density at radius 2 is 1.31 bits per heavy atom. The monoisotopic (exact) mass is 336 g/mol. The summed E-state index contributed by atoms with van der Waals surface area (Å²) in [5, 5.41) is 7.57. The standard InChI is InChI=1S/2C5H5.C2H6O.2ClH.Zr/c2*1-2-4-5-3-1;1-2-3;;;/h2*1-3H,4H2;3H,2H2,1H3;2*1H;/q2*-1;;;;+4/p-2. The van der Waals surface area contributed by atoms with Crippen LogP contribution >= 0.6 is 0 Å². The number of hydrogen-bond donors (Lipinski definition) is 1. The van der Waals surface area contributed by atoms with E-state index in [0.717, 1.165) is 12.8 Å². The third kappa shape index (κ3) is 23.9. The van der Waals surface area contributed by atoms with Crippen molar-refractivity contribution in [2.75, 3.05) is 6.61 Å². The Morgan fingerprint density at radius 3 is 1.38 bits per heavy atom. The zero-order chi connectivity index (χ0) is 9.78. The Bertz CT molecular complexity index is 169. The van der Waals surface area contributed by atoms with E-state index < -0.39 is 0 Å². The van der Waals surface area contributed by atoms with Gasteiger partial charge in [-0.05, 0) is 6.92 Å². The first-order valence-electron chi connectivity index (χ1n) is 4.46. The van der Waals surface area contributed by atoms with Crippen molar-refractivity contribution < 1.29 is 56.1 Å². The molecule has 88 valence electrons. The Kier molecular flexibility index (Phi) is 38.8. The van der Waals surface area contributed by atoms with Gasteiger partial charge in [-0.15, -0.1) is 12.8 Å². The quantitative estimate of drug-likeness (QED) is 0.457. The molecule has 0 aromatic carbocycles. The molecule has 0 aliphatic heterocycles. The van der Waals surface area contributed by atoms with Gasteiger partial charge in [0.15, 0.2) is 0 Å². The maximum absolute atomic E-state index is 7.57. The minimum atomic E-state index is 0. The van der Waals surface area contributed by atoms with E-state index >= 15 is 0 Å². The second kappa shape index (κ2) is 24.6. The van der Waals surface area contributed by atoms with E-state index in [4.69, 9.17) is 5.11 Å². The summed E-state index contributed by atoms with van der Waals surface area (Å²) in [5.74, 6) is 0. The summed E-state index contributed by atoms with van der Waals surface area (Å²) in [5.41, 5.74) is 0. The SMILES string of the molecule is CCO.[C-]1=CC=CC1.[C-]1=CC=CC1.[Cl-].[Cl-].[Zr+4]. The number of allylic oxidation sites excluding steroid dienone is 8. The van der Waals surface area contributed by atoms with Crippen molar-refractivity contribution in [3.05, 3.63) is 48.6 Å². The minimum absolute atomic E-state index is 0. The molecule has 0 aromatic heterocycles. The van der Waals surface area contributed by atoms with Crippen LogP contribution in [0.15, 0.2) is 36.5 Å². The first-order chi connectivity index (χ1) is 6.41. The molecular formula is C12H16Cl2OZr. The van der Waals surface area contributed by atoms with Gasteiger partial charge in [-0.2, -0.15) is 12.2 Å². The first-order valence-corrected chi connectivity index (χ1v) is 4.46. The van der Waals surface area contributed by atoms with E-state index in [9.17, 15) is 0 Å². The number of aliphatic hydroxyl groups excluding tert-OH is 1. The molecule has 0 saturated heterocycles. The van der Waals surface area contributed by atoms with Crippen LogP contribution < -0.4 is 24.8 Å². The first kappa shape index (κ1) is 25.3. The van der Waals surface area contributed by atoms with Gasteiger partial charge in [0, 0.05) is 6.61 Å². The predicted octanol–water partition coefficient (Wildman–Crippen LogP) is -3.38. The van der Waals surface area contributed by atoms with E-state index in [-0.39, 0.29) is 57.6 Å². The molecule has 0 spiro atoms. The van der Waals surface area contributed by atoms with Crippen molar-refractivity contribution in [3.63, 3.8) is 0 Å². The zero-order valence-corrected chi connectivity index (χ0v) is 13.3. The van der Waals surface area contributed by atoms with Crippen LogP contribution in [0, 0.1) is 12.2 Å². The molecule has 2 aliphatic rings. The normalized spacial score (nSPS) is 12.1. The smallest absolute Gasteiger partial charge is 1.00 e. The fourth-order valence-electron chi connectivity index (χ4n) is 0.680. The molecule has 16 heavy (non-hydrogen) atoms. The molecule has 0 heterocycles. The largest absolute Gasteiger partial charge is 4.00 e. The van der Waals surface area contributed by atoms with Crippen molar-refractivity contribution in [1.82, 2.24) is 0 Å². The Hall–Kier alpha value is 0.383. The molecule has 0 atom stereocenters. The Balaban J connectivity index is -0.0000000638. The summed E-state index contributed by atoms with van der Waals surface area (Å²) in [6.45, 7) is 1.93. The second-order valence-electron chi connectivity index (χ2n) is 2.32. The van der Waals surface area contributed by atoms with Crippen LogP contribution in [0.3, 0.4) is 0 Å². The maximum atomic E-state index is 7.57. The van der Waals surface area contributed by atoms with Crippen molar-refractivity contribution in [3.8, 4) is 0 Å². The van der Waals surface area contributed by atoms with Gasteiger partial charge < -0.3 is 29.9 Å². The van der Waals surface area contributed by atoms with Crippen LogP contribution in [0.2, 0.25) is 0 Å². The molecule has 2 rings (SSSR count). The van der Waals surface area contributed by atoms with Gasteiger partial charge in [0.1, 0.15) is 0 Å². The van der Waals surface area contributed by atoms with Crippen LogP contribution in [0.25, 0.3) is 0 Å². The van der Waals surface area contributed by atoms with Gasteiger partial charge in [0.2, 0.25) is 0 Å². The van der Waals surface area contributed by atoms with Crippen LogP contribution in [0.1, 0.15) is 19.8 Å². The fraction of sp³-hybridized carbons (Fsp3) is 0.333. The molecule has 0 radical (unpaired) electrons. The predicted molar refractivity (Wildman–Crippen MR) is 55.9 cm³/mol. The number of rotatable bonds is 0. The van der Waals surface area contributed by atoms with Crippen LogP contribution in [0.4, 0.5) is 0 Å². The molecule has 1 nitrogen and oxygen atoms in total. The van der Waals surface area contributed by atoms with Gasteiger partial charge in [-0.1, -0.05) is 0 Å². The molecule has 1 N–H and O–H groups in total. The topological polar surface area (TPSA) is 20.2 Å². The van der Waals surface area contributed by atoms with Crippen LogP contribution in [0.5, 0.6) is 0 Å². The van der Waals surface area contributed by atoms with Crippen molar-refractivity contribution in [2.24, 2.45) is 0 Å². The third-order valence-electron chi connectivity index (χ3n) is 1.17. The van der Waals surface area contributed by atoms with Crippen molar-refractivity contribution in [2.45, 2.75) is 19.8 Å². The van der Waals surface area contributed by atoms with Gasteiger partial charge in [0.05, 0.1) is 0 Å². The van der Waals surface area contributed by atoms with E-state index in [2.05, 4.69) is 24.3 Å². The van der Waals surface area contributed by atoms with Gasteiger partial charge in [-0.25, -0.2) is 24.3 Å². The van der Waals surface area contributed by atoms with E-state index in [1.54, 1.807) is 6.92 Å². The van der Waals surface area contributed by atoms with Crippen LogP contribution in [-0.2, 0) is 26.2 Å². The van der Waals surface area contributed by atoms with Gasteiger partial charge in [-0.3, -0.25) is 12.2 Å². The number of hydrogen-bond acceptors (Lipinski definition) is 1. The molecular weight excluding hydrogens is 322 g/mol. The fourth-order valence-corrected chi connectivity index (χ4v) is 0.680. The Labute approximate surface area is 130 Å². The number of halogens is 2. The molecule has 2 aliphatic carbocycles. The summed E-state index contributed by atoms with van der Waals surface area (Å²) in [6.07, 6.45) is 20.0. The third-order valence-corrected chi connectivity index (χ3v) is 1.17. The van der Waals surface area contributed by atoms with Crippen LogP contribution in [-0.4, -0.2) is 11.7 Å². The van der Waals surface area contributed by atoms with Gasteiger partial charge in [0.25, 0.3) is 0 Å². The average Bonchev–Trinajstić information content (AvgIpc) is 2.85. The molecule has 0 unspecified atom stereocenters. The molecule has 0 bridgehead atoms. The van der Waals surface area contributed by atoms with Crippen molar-refractivity contribution in [1.29, 1.82) is 0 Å². The van der Waals surface area contributed by atoms with E-state index in [1.807, 2.05) is 24.3 Å². The molecule has 0 fully saturated rings. The minimum Gasteiger partial charge on any atom is -1.00 e. The summed E-state index contributed by atoms with van der Waals surface area (Å²) in [7, 11) is 0. The molecule has 0 amide bonds.